The van der Waals surface area contributed by atoms with Gasteiger partial charge in [0.15, 0.2) is 0 Å². The van der Waals surface area contributed by atoms with E-state index in [0.717, 1.165) is 57.0 Å². The zero-order chi connectivity index (χ0) is 15.2. The third kappa shape index (κ3) is 4.08. The fourth-order valence-electron chi connectivity index (χ4n) is 2.61. The number of carbonyl (C=O) groups excluding carboxylic acids is 1. The summed E-state index contributed by atoms with van der Waals surface area (Å²) in [6.07, 6.45) is 7.19. The van der Waals surface area contributed by atoms with E-state index in [2.05, 4.69) is 29.3 Å². The van der Waals surface area contributed by atoms with Crippen LogP contribution >= 0.6 is 0 Å². The lowest BCUT2D eigenvalue weighted by atomic mass is 9.99. The minimum absolute atomic E-state index is 0.0864. The second kappa shape index (κ2) is 7.61. The van der Waals surface area contributed by atoms with E-state index in [0.29, 0.717) is 0 Å². The molecular weight excluding hydrogens is 266 g/mol. The van der Waals surface area contributed by atoms with Crippen LogP contribution in [0.5, 0.6) is 0 Å². The Hall–Kier alpha value is -1.33. The summed E-state index contributed by atoms with van der Waals surface area (Å²) in [5, 5.41) is 3.03. The van der Waals surface area contributed by atoms with Crippen LogP contribution in [0.25, 0.3) is 0 Å². The molecule has 0 radical (unpaired) electrons. The van der Waals surface area contributed by atoms with Crippen molar-refractivity contribution in [2.24, 2.45) is 11.7 Å². The third-order valence-electron chi connectivity index (χ3n) is 4.30. The highest BCUT2D eigenvalue weighted by molar-refractivity contribution is 5.84. The molecule has 118 valence electrons. The molecule has 2 rings (SSSR count). The number of morpholine rings is 1. The fourth-order valence-corrected chi connectivity index (χ4v) is 2.61. The second-order valence-corrected chi connectivity index (χ2v) is 5.78. The Kier molecular flexibility index (Phi) is 5.82. The molecule has 2 aliphatic rings. The number of ether oxygens (including phenoxy) is 1. The predicted octanol–water partition coefficient (Wildman–Crippen LogP) is 1.37. The summed E-state index contributed by atoms with van der Waals surface area (Å²) in [5.41, 5.74) is 8.05. The van der Waals surface area contributed by atoms with Crippen LogP contribution in [-0.2, 0) is 9.53 Å². The van der Waals surface area contributed by atoms with Crippen molar-refractivity contribution < 1.29 is 9.53 Å². The van der Waals surface area contributed by atoms with E-state index in [1.165, 1.54) is 0 Å². The van der Waals surface area contributed by atoms with Gasteiger partial charge in [0.2, 0.25) is 5.91 Å². The van der Waals surface area contributed by atoms with E-state index in [4.69, 9.17) is 10.5 Å². The molecule has 0 spiro atoms. The van der Waals surface area contributed by atoms with Gasteiger partial charge in [0, 0.05) is 13.1 Å². The van der Waals surface area contributed by atoms with Crippen LogP contribution in [0.3, 0.4) is 0 Å². The molecule has 21 heavy (non-hydrogen) atoms. The number of hydrogen-bond acceptors (Lipinski definition) is 4. The average Bonchev–Trinajstić information content (AvgIpc) is 2.54. The highest BCUT2D eigenvalue weighted by Crippen LogP contribution is 2.22. The standard InChI is InChI=1S/C16H27N3O2/c1-3-12(2)15(17)16(20)18-13-6-4-5-7-14(13)19-8-10-21-11-9-19/h6-7,12,15H,3-5,8-11,17H2,1-2H3,(H,18,20). The van der Waals surface area contributed by atoms with Gasteiger partial charge in [0.05, 0.1) is 30.6 Å². The lowest BCUT2D eigenvalue weighted by Gasteiger charge is -2.34. The largest absolute Gasteiger partial charge is 0.378 e. The first-order valence-corrected chi connectivity index (χ1v) is 7.93. The molecule has 1 aliphatic carbocycles. The maximum Gasteiger partial charge on any atom is 0.241 e. The highest BCUT2D eigenvalue weighted by Gasteiger charge is 2.24. The Labute approximate surface area is 127 Å². The molecule has 1 saturated heterocycles. The first-order chi connectivity index (χ1) is 10.1. The van der Waals surface area contributed by atoms with Gasteiger partial charge >= 0.3 is 0 Å². The Morgan fingerprint density at radius 2 is 2.05 bits per heavy atom. The van der Waals surface area contributed by atoms with Gasteiger partial charge in [0.25, 0.3) is 0 Å². The molecule has 0 bridgehead atoms. The molecule has 1 fully saturated rings. The topological polar surface area (TPSA) is 67.6 Å². The summed E-state index contributed by atoms with van der Waals surface area (Å²) < 4.78 is 5.40. The molecule has 1 aliphatic heterocycles. The molecule has 1 heterocycles. The Morgan fingerprint density at radius 3 is 2.71 bits per heavy atom. The molecule has 5 nitrogen and oxygen atoms in total. The Balaban J connectivity index is 2.01. The first kappa shape index (κ1) is 16.0. The molecule has 1 amide bonds. The van der Waals surface area contributed by atoms with Gasteiger partial charge in [0.1, 0.15) is 0 Å². The summed E-state index contributed by atoms with van der Waals surface area (Å²) in [4.78, 5) is 14.6. The number of nitrogens with one attached hydrogen (secondary N) is 1. The summed E-state index contributed by atoms with van der Waals surface area (Å²) in [7, 11) is 0. The van der Waals surface area contributed by atoms with Gasteiger partial charge in [-0.2, -0.15) is 0 Å². The second-order valence-electron chi connectivity index (χ2n) is 5.78. The molecule has 5 heteroatoms. The molecule has 0 saturated carbocycles. The molecule has 3 N–H and O–H groups in total. The number of amides is 1. The molecular formula is C16H27N3O2. The lowest BCUT2D eigenvalue weighted by Crippen LogP contribution is -2.46. The lowest BCUT2D eigenvalue weighted by molar-refractivity contribution is -0.122. The van der Waals surface area contributed by atoms with Crippen molar-refractivity contribution in [2.45, 2.75) is 39.2 Å². The van der Waals surface area contributed by atoms with E-state index in [1.807, 2.05) is 6.92 Å². The number of nitrogens with zero attached hydrogens (tertiary/aromatic N) is 1. The number of rotatable bonds is 5. The van der Waals surface area contributed by atoms with Crippen LogP contribution in [0.1, 0.15) is 33.1 Å². The van der Waals surface area contributed by atoms with E-state index in [9.17, 15) is 4.79 Å². The quantitative estimate of drug-likeness (QED) is 0.803. The minimum Gasteiger partial charge on any atom is -0.378 e. The van der Waals surface area contributed by atoms with Gasteiger partial charge in [-0.25, -0.2) is 0 Å². The monoisotopic (exact) mass is 293 g/mol. The maximum atomic E-state index is 12.3. The normalized spacial score (nSPS) is 22.1. The zero-order valence-corrected chi connectivity index (χ0v) is 13.1. The Morgan fingerprint density at radius 1 is 1.38 bits per heavy atom. The first-order valence-electron chi connectivity index (χ1n) is 7.93. The van der Waals surface area contributed by atoms with Crippen LogP contribution in [-0.4, -0.2) is 43.2 Å². The summed E-state index contributed by atoms with van der Waals surface area (Å²) in [6, 6.07) is -0.455. The SMILES string of the molecule is CCC(C)C(N)C(=O)NC1=CCCC=C1N1CCOCC1. The van der Waals surface area contributed by atoms with Gasteiger partial charge in [-0.15, -0.1) is 0 Å². The smallest absolute Gasteiger partial charge is 0.241 e. The van der Waals surface area contributed by atoms with Crippen molar-refractivity contribution in [1.82, 2.24) is 10.2 Å². The third-order valence-corrected chi connectivity index (χ3v) is 4.30. The van der Waals surface area contributed by atoms with Gasteiger partial charge in [-0.1, -0.05) is 32.4 Å². The van der Waals surface area contributed by atoms with E-state index >= 15 is 0 Å². The van der Waals surface area contributed by atoms with Gasteiger partial charge in [-0.3, -0.25) is 4.79 Å². The average molecular weight is 293 g/mol. The zero-order valence-electron chi connectivity index (χ0n) is 13.1. The molecule has 2 atom stereocenters. The van der Waals surface area contributed by atoms with Gasteiger partial charge in [-0.05, 0) is 18.8 Å². The van der Waals surface area contributed by atoms with E-state index < -0.39 is 6.04 Å². The summed E-state index contributed by atoms with van der Waals surface area (Å²) in [6.45, 7) is 7.29. The predicted molar refractivity (Wildman–Crippen MR) is 83.4 cm³/mol. The van der Waals surface area contributed by atoms with Crippen molar-refractivity contribution in [3.63, 3.8) is 0 Å². The summed E-state index contributed by atoms with van der Waals surface area (Å²) >= 11 is 0. The number of nitrogens with two attached hydrogens (primary N) is 1. The van der Waals surface area contributed by atoms with Crippen LogP contribution in [0.15, 0.2) is 23.5 Å². The molecule has 2 unspecified atom stereocenters. The minimum atomic E-state index is -0.455. The molecule has 0 aromatic carbocycles. The van der Waals surface area contributed by atoms with Crippen LogP contribution in [0, 0.1) is 5.92 Å². The fraction of sp³-hybridized carbons (Fsp3) is 0.688. The summed E-state index contributed by atoms with van der Waals surface area (Å²) in [5.74, 6) is 0.0988. The van der Waals surface area contributed by atoms with Crippen molar-refractivity contribution in [2.75, 3.05) is 26.3 Å². The Bertz CT molecular complexity index is 425. The van der Waals surface area contributed by atoms with Crippen molar-refractivity contribution in [3.8, 4) is 0 Å². The van der Waals surface area contributed by atoms with Crippen LogP contribution in [0.2, 0.25) is 0 Å². The molecule has 0 aromatic rings. The molecule has 0 aromatic heterocycles. The number of allylic oxidation sites excluding steroid dienone is 2. The number of hydrogen-bond donors (Lipinski definition) is 2. The van der Waals surface area contributed by atoms with Crippen molar-refractivity contribution in [1.29, 1.82) is 0 Å². The van der Waals surface area contributed by atoms with E-state index in [1.54, 1.807) is 0 Å². The van der Waals surface area contributed by atoms with Gasteiger partial charge < -0.3 is 20.7 Å². The number of carbonyl (C=O) groups is 1. The van der Waals surface area contributed by atoms with E-state index in [-0.39, 0.29) is 11.8 Å². The maximum absolute atomic E-state index is 12.3. The van der Waals surface area contributed by atoms with Crippen LogP contribution < -0.4 is 11.1 Å². The van der Waals surface area contributed by atoms with Crippen molar-refractivity contribution in [3.05, 3.63) is 23.5 Å². The highest BCUT2D eigenvalue weighted by atomic mass is 16.5. The van der Waals surface area contributed by atoms with Crippen molar-refractivity contribution >= 4 is 5.91 Å². The van der Waals surface area contributed by atoms with Crippen LogP contribution in [0.4, 0.5) is 0 Å².